The molecule has 1 aliphatic heterocycles. The average Bonchev–Trinajstić information content (AvgIpc) is 2.80. The van der Waals surface area contributed by atoms with Crippen molar-refractivity contribution in [3.63, 3.8) is 0 Å². The van der Waals surface area contributed by atoms with Gasteiger partial charge in [-0.3, -0.25) is 9.48 Å². The highest BCUT2D eigenvalue weighted by Crippen LogP contribution is 2.26. The fraction of sp³-hybridized carbons (Fsp3) is 0.412. The van der Waals surface area contributed by atoms with E-state index in [2.05, 4.69) is 5.10 Å². The number of aromatic nitrogens is 2. The summed E-state index contributed by atoms with van der Waals surface area (Å²) < 4.78 is 12.8. The number of hydrogen-bond acceptors (Lipinski definition) is 4. The van der Waals surface area contributed by atoms with E-state index in [9.17, 15) is 4.79 Å². The predicted octanol–water partition coefficient (Wildman–Crippen LogP) is 1.78. The van der Waals surface area contributed by atoms with Crippen molar-refractivity contribution in [2.24, 2.45) is 7.05 Å². The van der Waals surface area contributed by atoms with E-state index in [4.69, 9.17) is 9.47 Å². The first-order valence-electron chi connectivity index (χ1n) is 7.72. The van der Waals surface area contributed by atoms with E-state index in [1.807, 2.05) is 41.0 Å². The van der Waals surface area contributed by atoms with Crippen molar-refractivity contribution in [3.8, 4) is 11.5 Å². The van der Waals surface area contributed by atoms with Crippen molar-refractivity contribution in [2.45, 2.75) is 19.4 Å². The van der Waals surface area contributed by atoms with E-state index in [0.717, 1.165) is 24.9 Å². The molecule has 1 amide bonds. The van der Waals surface area contributed by atoms with Gasteiger partial charge in [-0.15, -0.1) is 0 Å². The zero-order valence-electron chi connectivity index (χ0n) is 13.5. The molecule has 1 aliphatic rings. The zero-order valence-corrected chi connectivity index (χ0v) is 13.5. The van der Waals surface area contributed by atoms with Crippen LogP contribution in [0.3, 0.4) is 0 Å². The molecule has 0 fully saturated rings. The van der Waals surface area contributed by atoms with Crippen molar-refractivity contribution in [3.05, 3.63) is 41.7 Å². The number of nitrogens with zero attached hydrogens (tertiary/aromatic N) is 3. The van der Waals surface area contributed by atoms with Crippen LogP contribution in [-0.4, -0.2) is 40.8 Å². The van der Waals surface area contributed by atoms with Crippen LogP contribution in [0.15, 0.2) is 30.5 Å². The normalized spacial score (nSPS) is 14.1. The summed E-state index contributed by atoms with van der Waals surface area (Å²) in [5.41, 5.74) is 2.33. The molecule has 0 spiro atoms. The molecular weight excluding hydrogens is 294 g/mol. The topological polar surface area (TPSA) is 56.6 Å². The molecule has 6 nitrogen and oxygen atoms in total. The number of hydrogen-bond donors (Lipinski definition) is 0. The fourth-order valence-corrected chi connectivity index (χ4v) is 2.87. The highest BCUT2D eigenvalue weighted by atomic mass is 16.5. The number of aryl methyl sites for hydroxylation is 1. The van der Waals surface area contributed by atoms with E-state index in [-0.39, 0.29) is 12.5 Å². The number of ether oxygens (including phenoxy) is 2. The fourth-order valence-electron chi connectivity index (χ4n) is 2.87. The van der Waals surface area contributed by atoms with E-state index in [1.54, 1.807) is 13.2 Å². The number of methoxy groups -OCH3 is 1. The lowest BCUT2D eigenvalue weighted by molar-refractivity contribution is -0.134. The Morgan fingerprint density at radius 2 is 2.09 bits per heavy atom. The van der Waals surface area contributed by atoms with Crippen LogP contribution in [0.25, 0.3) is 0 Å². The number of carbonyl (C=O) groups excluding carboxylic acids is 1. The number of amides is 1. The van der Waals surface area contributed by atoms with Crippen LogP contribution in [0.5, 0.6) is 11.5 Å². The molecule has 3 rings (SSSR count). The maximum absolute atomic E-state index is 12.5. The third-order valence-corrected chi connectivity index (χ3v) is 4.12. The van der Waals surface area contributed by atoms with Crippen molar-refractivity contribution < 1.29 is 14.3 Å². The molecule has 2 aromatic rings. The molecule has 1 aromatic carbocycles. The van der Waals surface area contributed by atoms with Crippen molar-refractivity contribution >= 4 is 5.91 Å². The Kier molecular flexibility index (Phi) is 4.50. The molecule has 0 atom stereocenters. The summed E-state index contributed by atoms with van der Waals surface area (Å²) in [7, 11) is 3.53. The van der Waals surface area contributed by atoms with Gasteiger partial charge in [0.05, 0.1) is 13.3 Å². The third-order valence-electron chi connectivity index (χ3n) is 4.12. The molecule has 0 bridgehead atoms. The van der Waals surface area contributed by atoms with Gasteiger partial charge in [-0.25, -0.2) is 0 Å². The van der Waals surface area contributed by atoms with Crippen LogP contribution in [-0.2, 0) is 24.8 Å². The molecule has 0 radical (unpaired) electrons. The molecule has 6 heteroatoms. The van der Waals surface area contributed by atoms with Gasteiger partial charge in [0.15, 0.2) is 18.1 Å². The van der Waals surface area contributed by atoms with Crippen LogP contribution in [0.4, 0.5) is 0 Å². The van der Waals surface area contributed by atoms with E-state index >= 15 is 0 Å². The minimum absolute atomic E-state index is 0.00989. The van der Waals surface area contributed by atoms with Gasteiger partial charge in [0.25, 0.3) is 5.91 Å². The largest absolute Gasteiger partial charge is 0.493 e. The second-order valence-electron chi connectivity index (χ2n) is 5.60. The van der Waals surface area contributed by atoms with Crippen LogP contribution >= 0.6 is 0 Å². The van der Waals surface area contributed by atoms with Crippen molar-refractivity contribution in [2.75, 3.05) is 20.3 Å². The molecule has 0 saturated heterocycles. The molecule has 122 valence electrons. The first-order valence-corrected chi connectivity index (χ1v) is 7.72. The van der Waals surface area contributed by atoms with Crippen LogP contribution in [0.1, 0.15) is 17.7 Å². The highest BCUT2D eigenvalue weighted by molar-refractivity contribution is 5.78. The van der Waals surface area contributed by atoms with Gasteiger partial charge in [0, 0.05) is 31.4 Å². The van der Waals surface area contributed by atoms with E-state index in [1.165, 1.54) is 5.69 Å². The van der Waals surface area contributed by atoms with Crippen LogP contribution < -0.4 is 9.47 Å². The Morgan fingerprint density at radius 3 is 2.87 bits per heavy atom. The standard InChI is InChI=1S/C17H21N3O3/c1-19-14-6-5-9-20(11-13(14)10-18-19)17(21)12-23-16-8-4-3-7-15(16)22-2/h3-4,7-8,10H,5-6,9,11-12H2,1-2H3. The number of rotatable bonds is 4. The molecule has 0 unspecified atom stereocenters. The molecule has 23 heavy (non-hydrogen) atoms. The van der Waals surface area contributed by atoms with Gasteiger partial charge < -0.3 is 14.4 Å². The van der Waals surface area contributed by atoms with Gasteiger partial charge in [0.1, 0.15) is 0 Å². The Balaban J connectivity index is 1.64. The SMILES string of the molecule is COc1ccccc1OCC(=O)N1CCCc2c(cnn2C)C1. The summed E-state index contributed by atoms with van der Waals surface area (Å²) in [6, 6.07) is 7.34. The van der Waals surface area contributed by atoms with Gasteiger partial charge in [0.2, 0.25) is 0 Å². The minimum atomic E-state index is -0.0207. The number of fused-ring (bicyclic) bond motifs is 1. The summed E-state index contributed by atoms with van der Waals surface area (Å²) >= 11 is 0. The summed E-state index contributed by atoms with van der Waals surface area (Å²) in [5.74, 6) is 1.19. The van der Waals surface area contributed by atoms with Gasteiger partial charge in [-0.1, -0.05) is 12.1 Å². The van der Waals surface area contributed by atoms with Gasteiger partial charge in [-0.05, 0) is 25.0 Å². The van der Waals surface area contributed by atoms with Gasteiger partial charge in [-0.2, -0.15) is 5.10 Å². The maximum atomic E-state index is 12.5. The van der Waals surface area contributed by atoms with Crippen molar-refractivity contribution in [1.29, 1.82) is 0 Å². The van der Waals surface area contributed by atoms with Crippen molar-refractivity contribution in [1.82, 2.24) is 14.7 Å². The van der Waals surface area contributed by atoms with Crippen LogP contribution in [0.2, 0.25) is 0 Å². The maximum Gasteiger partial charge on any atom is 0.260 e. The molecule has 0 aliphatic carbocycles. The number of para-hydroxylation sites is 2. The second-order valence-corrected chi connectivity index (χ2v) is 5.60. The molecule has 0 saturated carbocycles. The van der Waals surface area contributed by atoms with Crippen LogP contribution in [0, 0.1) is 0 Å². The quantitative estimate of drug-likeness (QED) is 0.863. The second kappa shape index (κ2) is 6.73. The summed E-state index contributed by atoms with van der Waals surface area (Å²) in [5, 5.41) is 4.28. The Hall–Kier alpha value is -2.50. The lowest BCUT2D eigenvalue weighted by Gasteiger charge is -2.20. The summed E-state index contributed by atoms with van der Waals surface area (Å²) in [4.78, 5) is 14.3. The molecule has 2 heterocycles. The summed E-state index contributed by atoms with van der Waals surface area (Å²) in [6.45, 7) is 1.34. The highest BCUT2D eigenvalue weighted by Gasteiger charge is 2.21. The zero-order chi connectivity index (χ0) is 16.2. The molecule has 0 N–H and O–H groups in total. The third kappa shape index (κ3) is 3.31. The average molecular weight is 315 g/mol. The number of benzene rings is 1. The van der Waals surface area contributed by atoms with E-state index < -0.39 is 0 Å². The lowest BCUT2D eigenvalue weighted by Crippen LogP contribution is -2.34. The monoisotopic (exact) mass is 315 g/mol. The Morgan fingerprint density at radius 1 is 1.30 bits per heavy atom. The minimum Gasteiger partial charge on any atom is -0.493 e. The first kappa shape index (κ1) is 15.4. The predicted molar refractivity (Wildman–Crippen MR) is 85.4 cm³/mol. The lowest BCUT2D eigenvalue weighted by atomic mass is 10.2. The summed E-state index contributed by atoms with van der Waals surface area (Å²) in [6.07, 6.45) is 3.73. The first-order chi connectivity index (χ1) is 11.2. The smallest absolute Gasteiger partial charge is 0.260 e. The van der Waals surface area contributed by atoms with Gasteiger partial charge >= 0.3 is 0 Å². The Bertz CT molecular complexity index is 696. The van der Waals surface area contributed by atoms with E-state index in [0.29, 0.717) is 18.0 Å². The Labute approximate surface area is 135 Å². The number of carbonyl (C=O) groups is 1. The molecule has 1 aromatic heterocycles. The molecular formula is C17H21N3O3.